The molecular weight excluding hydrogens is 190 g/mol. The lowest BCUT2D eigenvalue weighted by Gasteiger charge is -2.02. The standard InChI is InChI=1S/C5H7N7S/c1-2-4(13-12-7-2)3(6)5-8-10-11-9-5/h3H,6H2,1H3,(H,8,9,10,11). The number of aromatic amines is 1. The Balaban J connectivity index is 2.33. The van der Waals surface area contributed by atoms with E-state index in [1.807, 2.05) is 6.92 Å². The summed E-state index contributed by atoms with van der Waals surface area (Å²) in [6.07, 6.45) is 0. The highest BCUT2D eigenvalue weighted by Crippen LogP contribution is 2.20. The van der Waals surface area contributed by atoms with E-state index >= 15 is 0 Å². The van der Waals surface area contributed by atoms with E-state index < -0.39 is 6.04 Å². The molecule has 0 bridgehead atoms. The molecule has 0 amide bonds. The average Bonchev–Trinajstić information content (AvgIpc) is 2.72. The highest BCUT2D eigenvalue weighted by Gasteiger charge is 2.18. The maximum Gasteiger partial charge on any atom is 0.196 e. The van der Waals surface area contributed by atoms with E-state index in [2.05, 4.69) is 30.2 Å². The Morgan fingerprint density at radius 1 is 1.46 bits per heavy atom. The van der Waals surface area contributed by atoms with Gasteiger partial charge in [0.25, 0.3) is 0 Å². The molecule has 3 N–H and O–H groups in total. The zero-order valence-corrected chi connectivity index (χ0v) is 7.62. The third-order valence-corrected chi connectivity index (χ3v) is 2.52. The predicted octanol–water partition coefficient (Wildman–Crippen LogP) is -0.592. The molecule has 2 aromatic heterocycles. The molecule has 0 spiro atoms. The summed E-state index contributed by atoms with van der Waals surface area (Å²) in [5.74, 6) is 0.453. The number of hydrogen-bond donors (Lipinski definition) is 2. The van der Waals surface area contributed by atoms with E-state index in [4.69, 9.17) is 5.73 Å². The van der Waals surface area contributed by atoms with Crippen molar-refractivity contribution in [2.24, 2.45) is 5.73 Å². The molecule has 13 heavy (non-hydrogen) atoms. The highest BCUT2D eigenvalue weighted by molar-refractivity contribution is 7.05. The number of tetrazole rings is 1. The van der Waals surface area contributed by atoms with Gasteiger partial charge < -0.3 is 5.73 Å². The summed E-state index contributed by atoms with van der Waals surface area (Å²) < 4.78 is 3.78. The molecule has 0 aromatic carbocycles. The van der Waals surface area contributed by atoms with Crippen LogP contribution < -0.4 is 5.73 Å². The summed E-state index contributed by atoms with van der Waals surface area (Å²) in [5.41, 5.74) is 6.66. The van der Waals surface area contributed by atoms with Crippen molar-refractivity contribution in [3.63, 3.8) is 0 Å². The van der Waals surface area contributed by atoms with Crippen LogP contribution in [0.25, 0.3) is 0 Å². The second-order valence-electron chi connectivity index (χ2n) is 2.47. The molecule has 2 heterocycles. The molecule has 2 aromatic rings. The Kier molecular flexibility index (Phi) is 1.99. The first-order valence-corrected chi connectivity index (χ1v) is 4.34. The molecule has 0 aliphatic heterocycles. The third kappa shape index (κ3) is 1.40. The molecule has 0 aliphatic rings. The van der Waals surface area contributed by atoms with Gasteiger partial charge in [0.2, 0.25) is 0 Å². The molecule has 2 rings (SSSR count). The van der Waals surface area contributed by atoms with Gasteiger partial charge in [-0.1, -0.05) is 9.70 Å². The zero-order valence-electron chi connectivity index (χ0n) is 6.80. The summed E-state index contributed by atoms with van der Waals surface area (Å²) in [7, 11) is 0. The van der Waals surface area contributed by atoms with Gasteiger partial charge in [0, 0.05) is 0 Å². The van der Waals surface area contributed by atoms with Gasteiger partial charge in [-0.2, -0.15) is 5.21 Å². The van der Waals surface area contributed by atoms with Crippen LogP contribution in [0.15, 0.2) is 0 Å². The van der Waals surface area contributed by atoms with Crippen LogP contribution in [0.5, 0.6) is 0 Å². The fourth-order valence-electron chi connectivity index (χ4n) is 0.941. The monoisotopic (exact) mass is 197 g/mol. The van der Waals surface area contributed by atoms with Crippen LogP contribution in [-0.4, -0.2) is 30.2 Å². The second kappa shape index (κ2) is 3.15. The van der Waals surface area contributed by atoms with Crippen molar-refractivity contribution in [2.75, 3.05) is 0 Å². The van der Waals surface area contributed by atoms with E-state index in [0.717, 1.165) is 10.6 Å². The van der Waals surface area contributed by atoms with E-state index in [1.54, 1.807) is 0 Å². The minimum atomic E-state index is -0.390. The molecule has 0 aliphatic carbocycles. The first kappa shape index (κ1) is 8.20. The summed E-state index contributed by atoms with van der Waals surface area (Å²) >= 11 is 1.25. The van der Waals surface area contributed by atoms with Crippen LogP contribution >= 0.6 is 11.5 Å². The fraction of sp³-hybridized carbons (Fsp3) is 0.400. The SMILES string of the molecule is Cc1nnsc1C(N)c1nn[nH]n1. The van der Waals surface area contributed by atoms with Gasteiger partial charge in [-0.15, -0.1) is 15.3 Å². The van der Waals surface area contributed by atoms with Crippen molar-refractivity contribution in [2.45, 2.75) is 13.0 Å². The van der Waals surface area contributed by atoms with Crippen molar-refractivity contribution in [1.29, 1.82) is 0 Å². The van der Waals surface area contributed by atoms with Gasteiger partial charge in [0.1, 0.15) is 6.04 Å². The molecule has 68 valence electrons. The zero-order chi connectivity index (χ0) is 9.26. The van der Waals surface area contributed by atoms with E-state index in [1.165, 1.54) is 11.5 Å². The van der Waals surface area contributed by atoms with Crippen molar-refractivity contribution < 1.29 is 0 Å². The normalized spacial score (nSPS) is 13.1. The summed E-state index contributed by atoms with van der Waals surface area (Å²) in [4.78, 5) is 0.862. The van der Waals surface area contributed by atoms with Crippen molar-refractivity contribution in [3.8, 4) is 0 Å². The Bertz CT molecular complexity index is 379. The minimum Gasteiger partial charge on any atom is -0.317 e. The van der Waals surface area contributed by atoms with Gasteiger partial charge in [-0.3, -0.25) is 0 Å². The highest BCUT2D eigenvalue weighted by atomic mass is 32.1. The summed E-state index contributed by atoms with van der Waals surface area (Å²) in [5, 5.41) is 17.2. The smallest absolute Gasteiger partial charge is 0.196 e. The first-order valence-electron chi connectivity index (χ1n) is 3.57. The lowest BCUT2D eigenvalue weighted by molar-refractivity contribution is 0.790. The molecule has 0 radical (unpaired) electrons. The molecule has 1 unspecified atom stereocenters. The van der Waals surface area contributed by atoms with Gasteiger partial charge in [0.05, 0.1) is 10.6 Å². The van der Waals surface area contributed by atoms with Crippen LogP contribution in [0, 0.1) is 6.92 Å². The number of nitrogens with one attached hydrogen (secondary N) is 1. The molecule has 8 heteroatoms. The largest absolute Gasteiger partial charge is 0.317 e. The number of nitrogens with zero attached hydrogens (tertiary/aromatic N) is 5. The van der Waals surface area contributed by atoms with Crippen LogP contribution in [0.4, 0.5) is 0 Å². The molecule has 0 saturated carbocycles. The van der Waals surface area contributed by atoms with E-state index in [0.29, 0.717) is 5.82 Å². The lowest BCUT2D eigenvalue weighted by atomic mass is 10.2. The molecule has 7 nitrogen and oxygen atoms in total. The molecule has 1 atom stereocenters. The Labute approximate surface area is 77.5 Å². The molecular formula is C5H7N7S. The average molecular weight is 197 g/mol. The van der Waals surface area contributed by atoms with Crippen LogP contribution in [-0.2, 0) is 0 Å². The Morgan fingerprint density at radius 2 is 2.31 bits per heavy atom. The molecule has 0 fully saturated rings. The van der Waals surface area contributed by atoms with Crippen LogP contribution in [0.3, 0.4) is 0 Å². The minimum absolute atomic E-state index is 0.390. The Hall–Kier alpha value is -1.41. The first-order chi connectivity index (χ1) is 6.29. The maximum absolute atomic E-state index is 5.85. The number of rotatable bonds is 2. The van der Waals surface area contributed by atoms with Gasteiger partial charge >= 0.3 is 0 Å². The van der Waals surface area contributed by atoms with Crippen LogP contribution in [0.2, 0.25) is 0 Å². The number of hydrogen-bond acceptors (Lipinski definition) is 7. The van der Waals surface area contributed by atoms with Crippen molar-refractivity contribution in [3.05, 3.63) is 16.4 Å². The van der Waals surface area contributed by atoms with E-state index in [9.17, 15) is 0 Å². The lowest BCUT2D eigenvalue weighted by Crippen LogP contribution is -2.13. The summed E-state index contributed by atoms with van der Waals surface area (Å²) in [6, 6.07) is -0.390. The van der Waals surface area contributed by atoms with Gasteiger partial charge in [-0.05, 0) is 18.5 Å². The number of H-pyrrole nitrogens is 1. The maximum atomic E-state index is 5.85. The Morgan fingerprint density at radius 3 is 2.85 bits per heavy atom. The van der Waals surface area contributed by atoms with Crippen LogP contribution in [0.1, 0.15) is 22.4 Å². The fourth-order valence-corrected chi connectivity index (χ4v) is 1.58. The number of nitrogens with two attached hydrogens (primary N) is 1. The van der Waals surface area contributed by atoms with Crippen molar-refractivity contribution >= 4 is 11.5 Å². The topological polar surface area (TPSA) is 106 Å². The second-order valence-corrected chi connectivity index (χ2v) is 3.26. The summed E-state index contributed by atoms with van der Waals surface area (Å²) in [6.45, 7) is 1.85. The third-order valence-electron chi connectivity index (χ3n) is 1.61. The van der Waals surface area contributed by atoms with E-state index in [-0.39, 0.29) is 0 Å². The van der Waals surface area contributed by atoms with Crippen molar-refractivity contribution in [1.82, 2.24) is 30.2 Å². The molecule has 0 saturated heterocycles. The predicted molar refractivity (Wildman–Crippen MR) is 44.9 cm³/mol. The quantitative estimate of drug-likeness (QED) is 0.666. The number of aryl methyl sites for hydroxylation is 1. The van der Waals surface area contributed by atoms with Gasteiger partial charge in [0.15, 0.2) is 5.82 Å². The number of aromatic nitrogens is 6. The van der Waals surface area contributed by atoms with Gasteiger partial charge in [-0.25, -0.2) is 0 Å².